The molecule has 198 valence electrons. The Labute approximate surface area is 223 Å². The van der Waals surface area contributed by atoms with E-state index < -0.39 is 5.91 Å². The number of nitrogens with two attached hydrogens (primary N) is 1. The molecule has 1 fully saturated rings. The Kier molecular flexibility index (Phi) is 8.38. The molecular weight excluding hydrogens is 478 g/mol. The van der Waals surface area contributed by atoms with E-state index >= 15 is 0 Å². The average Bonchev–Trinajstić information content (AvgIpc) is 3.31. The van der Waals surface area contributed by atoms with E-state index in [2.05, 4.69) is 51.5 Å². The minimum Gasteiger partial charge on any atom is -0.366 e. The van der Waals surface area contributed by atoms with E-state index in [1.165, 1.54) is 0 Å². The molecule has 0 radical (unpaired) electrons. The number of carbonyl (C=O) groups is 1. The first-order valence-corrected chi connectivity index (χ1v) is 12.8. The molecule has 38 heavy (non-hydrogen) atoms. The molecule has 1 aromatic heterocycles. The van der Waals surface area contributed by atoms with Crippen LogP contribution in [0.3, 0.4) is 0 Å². The number of amides is 1. The summed E-state index contributed by atoms with van der Waals surface area (Å²) in [5.74, 6) is 1.39. The van der Waals surface area contributed by atoms with Crippen molar-refractivity contribution >= 4 is 29.4 Å². The van der Waals surface area contributed by atoms with Gasteiger partial charge in [0.05, 0.1) is 11.6 Å². The number of benzene rings is 2. The molecular formula is C28H35N9O. The molecule has 3 aromatic rings. The van der Waals surface area contributed by atoms with Crippen molar-refractivity contribution < 1.29 is 4.79 Å². The Bertz CT molecular complexity index is 1330. The number of primary amides is 1. The topological polar surface area (TPSA) is 136 Å². The Morgan fingerprint density at radius 1 is 1.21 bits per heavy atom. The average molecular weight is 514 g/mol. The monoisotopic (exact) mass is 513 g/mol. The van der Waals surface area contributed by atoms with Crippen molar-refractivity contribution in [3.05, 3.63) is 64.7 Å². The number of carbonyl (C=O) groups excluding carboxylic acids is 1. The maximum Gasteiger partial charge on any atom is 0.248 e. The van der Waals surface area contributed by atoms with Crippen LogP contribution in [0.4, 0.5) is 23.5 Å². The lowest BCUT2D eigenvalue weighted by atomic mass is 10.1. The van der Waals surface area contributed by atoms with Crippen LogP contribution < -0.4 is 21.3 Å². The number of likely N-dealkylation sites (tertiary alicyclic amines) is 1. The lowest BCUT2D eigenvalue weighted by Gasteiger charge is -2.22. The van der Waals surface area contributed by atoms with Gasteiger partial charge in [-0.3, -0.25) is 9.69 Å². The molecule has 0 spiro atoms. The smallest absolute Gasteiger partial charge is 0.248 e. The van der Waals surface area contributed by atoms with Crippen molar-refractivity contribution in [1.29, 1.82) is 5.26 Å². The lowest BCUT2D eigenvalue weighted by molar-refractivity contribution is 0.100. The number of rotatable bonds is 10. The zero-order valence-corrected chi connectivity index (χ0v) is 22.4. The molecule has 1 saturated heterocycles. The highest BCUT2D eigenvalue weighted by Gasteiger charge is 2.24. The van der Waals surface area contributed by atoms with Gasteiger partial charge < -0.3 is 21.3 Å². The van der Waals surface area contributed by atoms with Gasteiger partial charge in [-0.05, 0) is 54.7 Å². The van der Waals surface area contributed by atoms with Crippen LogP contribution in [0, 0.1) is 24.2 Å². The van der Waals surface area contributed by atoms with Crippen LogP contribution in [0.15, 0.2) is 42.5 Å². The van der Waals surface area contributed by atoms with E-state index in [1.807, 2.05) is 43.1 Å². The fraction of sp³-hybridized carbons (Fsp3) is 0.393. The molecule has 1 aliphatic heterocycles. The summed E-state index contributed by atoms with van der Waals surface area (Å²) in [6, 6.07) is 15.4. The van der Waals surface area contributed by atoms with Gasteiger partial charge in [0, 0.05) is 50.5 Å². The molecule has 0 aliphatic carbocycles. The maximum absolute atomic E-state index is 11.7. The van der Waals surface area contributed by atoms with Crippen molar-refractivity contribution in [1.82, 2.24) is 19.9 Å². The zero-order chi connectivity index (χ0) is 27.2. The molecule has 4 rings (SSSR count). The largest absolute Gasteiger partial charge is 0.366 e. The van der Waals surface area contributed by atoms with Crippen LogP contribution in [-0.2, 0) is 6.54 Å². The lowest BCUT2D eigenvalue weighted by Crippen LogP contribution is -2.28. The summed E-state index contributed by atoms with van der Waals surface area (Å²) >= 11 is 0. The molecule has 0 unspecified atom stereocenters. The van der Waals surface area contributed by atoms with Gasteiger partial charge in [-0.1, -0.05) is 32.0 Å². The summed E-state index contributed by atoms with van der Waals surface area (Å²) in [5, 5.41) is 15.9. The van der Waals surface area contributed by atoms with E-state index in [-0.39, 0.29) is 6.04 Å². The van der Waals surface area contributed by atoms with Crippen LogP contribution in [0.2, 0.25) is 0 Å². The molecule has 1 atom stereocenters. The Hall–Kier alpha value is -4.23. The quantitative estimate of drug-likeness (QED) is 0.371. The van der Waals surface area contributed by atoms with Gasteiger partial charge in [0.15, 0.2) is 0 Å². The predicted molar refractivity (Wildman–Crippen MR) is 149 cm³/mol. The second kappa shape index (κ2) is 11.9. The molecule has 2 heterocycles. The molecule has 2 aromatic carbocycles. The van der Waals surface area contributed by atoms with E-state index in [9.17, 15) is 10.1 Å². The van der Waals surface area contributed by atoms with Crippen LogP contribution in [0.1, 0.15) is 47.3 Å². The van der Waals surface area contributed by atoms with Gasteiger partial charge in [-0.15, -0.1) is 0 Å². The van der Waals surface area contributed by atoms with Crippen molar-refractivity contribution in [3.63, 3.8) is 0 Å². The van der Waals surface area contributed by atoms with E-state index in [0.29, 0.717) is 40.6 Å². The van der Waals surface area contributed by atoms with Gasteiger partial charge >= 0.3 is 0 Å². The maximum atomic E-state index is 11.7. The van der Waals surface area contributed by atoms with Gasteiger partial charge in [0.1, 0.15) is 0 Å². The van der Waals surface area contributed by atoms with E-state index in [1.54, 1.807) is 12.1 Å². The third-order valence-corrected chi connectivity index (χ3v) is 6.44. The Balaban J connectivity index is 1.52. The summed E-state index contributed by atoms with van der Waals surface area (Å²) < 4.78 is 0. The van der Waals surface area contributed by atoms with Crippen LogP contribution in [0.25, 0.3) is 0 Å². The van der Waals surface area contributed by atoms with Gasteiger partial charge in [-0.25, -0.2) is 0 Å². The number of nitriles is 1. The number of nitrogens with zero attached hydrogens (tertiary/aromatic N) is 6. The second-order valence-corrected chi connectivity index (χ2v) is 10.3. The summed E-state index contributed by atoms with van der Waals surface area (Å²) in [4.78, 5) is 30.1. The minimum absolute atomic E-state index is 0.174. The SMILES string of the molecule is Cc1ccc(C(N)=O)cc1Nc1nc(N[C@H]2CCN(Cc3cccc(C#N)c3)C2)nc(N(C)CC(C)C)n1. The van der Waals surface area contributed by atoms with E-state index in [4.69, 9.17) is 10.7 Å². The fourth-order valence-corrected chi connectivity index (χ4v) is 4.59. The predicted octanol–water partition coefficient (Wildman–Crippen LogP) is 3.67. The first-order chi connectivity index (χ1) is 18.2. The summed E-state index contributed by atoms with van der Waals surface area (Å²) in [6.45, 7) is 9.58. The molecule has 10 heteroatoms. The first kappa shape index (κ1) is 26.8. The summed E-state index contributed by atoms with van der Waals surface area (Å²) in [7, 11) is 1.97. The molecule has 0 saturated carbocycles. The molecule has 0 bridgehead atoms. The van der Waals surface area contributed by atoms with Gasteiger partial charge in [0.2, 0.25) is 23.8 Å². The van der Waals surface area contributed by atoms with Crippen LogP contribution in [-0.4, -0.2) is 58.5 Å². The number of aromatic nitrogens is 3. The molecule has 1 amide bonds. The Morgan fingerprint density at radius 2 is 2.00 bits per heavy atom. The molecule has 4 N–H and O–H groups in total. The number of nitrogens with one attached hydrogen (secondary N) is 2. The molecule has 10 nitrogen and oxygen atoms in total. The first-order valence-electron chi connectivity index (χ1n) is 12.8. The minimum atomic E-state index is -0.492. The van der Waals surface area contributed by atoms with Crippen molar-refractivity contribution in [2.24, 2.45) is 11.7 Å². The van der Waals surface area contributed by atoms with Crippen molar-refractivity contribution in [2.75, 3.05) is 42.2 Å². The molecule has 1 aliphatic rings. The van der Waals surface area contributed by atoms with Crippen LogP contribution >= 0.6 is 0 Å². The fourth-order valence-electron chi connectivity index (χ4n) is 4.59. The van der Waals surface area contributed by atoms with Crippen molar-refractivity contribution in [3.8, 4) is 6.07 Å². The van der Waals surface area contributed by atoms with Crippen molar-refractivity contribution in [2.45, 2.75) is 39.8 Å². The number of aryl methyl sites for hydroxylation is 1. The highest BCUT2D eigenvalue weighted by molar-refractivity contribution is 5.94. The highest BCUT2D eigenvalue weighted by Crippen LogP contribution is 2.24. The van der Waals surface area contributed by atoms with Crippen LogP contribution in [0.5, 0.6) is 0 Å². The van der Waals surface area contributed by atoms with Gasteiger partial charge in [0.25, 0.3) is 0 Å². The summed E-state index contributed by atoms with van der Waals surface area (Å²) in [5.41, 5.74) is 9.35. The zero-order valence-electron chi connectivity index (χ0n) is 22.4. The number of hydrogen-bond donors (Lipinski definition) is 3. The number of anilines is 4. The second-order valence-electron chi connectivity index (χ2n) is 10.3. The number of hydrogen-bond acceptors (Lipinski definition) is 9. The van der Waals surface area contributed by atoms with Gasteiger partial charge in [-0.2, -0.15) is 20.2 Å². The highest BCUT2D eigenvalue weighted by atomic mass is 16.1. The Morgan fingerprint density at radius 3 is 2.74 bits per heavy atom. The summed E-state index contributed by atoms with van der Waals surface area (Å²) in [6.07, 6.45) is 0.948. The normalized spacial score (nSPS) is 15.3. The third-order valence-electron chi connectivity index (χ3n) is 6.44. The van der Waals surface area contributed by atoms with E-state index in [0.717, 1.165) is 43.7 Å². The standard InChI is InChI=1S/C28H35N9O/c1-18(2)15-36(4)28-34-26(33-27(35-28)32-24-13-22(25(30)38)9-8-19(24)3)31-23-10-11-37(17-23)16-21-7-5-6-20(12-21)14-29/h5-9,12-13,18,23H,10-11,15-17H2,1-4H3,(H2,30,38)(H2,31,32,33,34,35)/t23-/m0/s1. The third kappa shape index (κ3) is 6.95.